The lowest BCUT2D eigenvalue weighted by molar-refractivity contribution is -0.145. The van der Waals surface area contributed by atoms with Crippen molar-refractivity contribution in [3.8, 4) is 5.75 Å². The molecule has 2 amide bonds. The van der Waals surface area contributed by atoms with Crippen molar-refractivity contribution >= 4 is 52.1 Å². The molecule has 0 radical (unpaired) electrons. The first-order valence-corrected chi connectivity index (χ1v) is 17.9. The van der Waals surface area contributed by atoms with Crippen molar-refractivity contribution in [2.24, 2.45) is 5.92 Å². The van der Waals surface area contributed by atoms with Crippen LogP contribution in [0.2, 0.25) is 0 Å². The van der Waals surface area contributed by atoms with Crippen molar-refractivity contribution in [3.63, 3.8) is 0 Å². The highest BCUT2D eigenvalue weighted by molar-refractivity contribution is 7.99. The summed E-state index contributed by atoms with van der Waals surface area (Å²) in [5.41, 5.74) is 2.22. The molecular formula is C35H47N3O5S2. The van der Waals surface area contributed by atoms with Crippen LogP contribution in [0.1, 0.15) is 37.8 Å². The maximum atomic E-state index is 13.4. The summed E-state index contributed by atoms with van der Waals surface area (Å²) in [4.78, 5) is 41.0. The number of nitrogens with one attached hydrogen (secondary N) is 2. The average molecular weight is 654 g/mol. The monoisotopic (exact) mass is 653 g/mol. The zero-order valence-corrected chi connectivity index (χ0v) is 28.7. The van der Waals surface area contributed by atoms with E-state index in [1.54, 1.807) is 30.6 Å². The molecule has 0 aliphatic heterocycles. The van der Waals surface area contributed by atoms with E-state index in [9.17, 15) is 14.4 Å². The van der Waals surface area contributed by atoms with Gasteiger partial charge >= 0.3 is 5.97 Å². The number of carbonyl (C=O) groups excluding carboxylic acids is 3. The Morgan fingerprint density at radius 1 is 0.933 bits per heavy atom. The predicted octanol–water partition coefficient (Wildman–Crippen LogP) is 5.53. The number of hydrogen-bond acceptors (Lipinski definition) is 8. The number of thioether (sulfide) groups is 2. The van der Waals surface area contributed by atoms with Gasteiger partial charge in [-0.05, 0) is 58.4 Å². The maximum absolute atomic E-state index is 13.4. The molecule has 0 saturated carbocycles. The van der Waals surface area contributed by atoms with E-state index in [4.69, 9.17) is 9.47 Å². The molecule has 0 aromatic heterocycles. The van der Waals surface area contributed by atoms with Crippen molar-refractivity contribution < 1.29 is 23.9 Å². The van der Waals surface area contributed by atoms with Crippen molar-refractivity contribution in [2.75, 3.05) is 45.1 Å². The van der Waals surface area contributed by atoms with Gasteiger partial charge in [0, 0.05) is 24.9 Å². The third-order valence-electron chi connectivity index (χ3n) is 7.87. The Hall–Kier alpha value is -3.21. The average Bonchev–Trinajstić information content (AvgIpc) is 3.06. The highest BCUT2D eigenvalue weighted by atomic mass is 32.2. The number of esters is 1. The van der Waals surface area contributed by atoms with Gasteiger partial charge in [0.2, 0.25) is 11.8 Å². The third-order valence-corrected chi connectivity index (χ3v) is 9.51. The van der Waals surface area contributed by atoms with Crippen LogP contribution in [-0.4, -0.2) is 79.8 Å². The minimum Gasteiger partial charge on any atom is -0.497 e. The zero-order valence-electron chi connectivity index (χ0n) is 27.0. The first kappa shape index (κ1) is 36.3. The fourth-order valence-electron chi connectivity index (χ4n) is 5.09. The lowest BCUT2D eigenvalue weighted by Crippen LogP contribution is -2.51. The molecular weight excluding hydrogens is 607 g/mol. The minimum atomic E-state index is -0.706. The largest absolute Gasteiger partial charge is 0.497 e. The molecule has 244 valence electrons. The van der Waals surface area contributed by atoms with E-state index < -0.39 is 12.0 Å². The van der Waals surface area contributed by atoms with Crippen LogP contribution < -0.4 is 15.4 Å². The Balaban J connectivity index is 1.75. The van der Waals surface area contributed by atoms with Gasteiger partial charge in [0.05, 0.1) is 26.5 Å². The third kappa shape index (κ3) is 11.9. The second-order valence-corrected chi connectivity index (χ2v) is 13.1. The number of ether oxygens (including phenoxy) is 2. The first-order valence-electron chi connectivity index (χ1n) is 15.3. The number of fused-ring (bicyclic) bond motifs is 1. The maximum Gasteiger partial charge on any atom is 0.328 e. The summed E-state index contributed by atoms with van der Waals surface area (Å²) in [6.45, 7) is 5.30. The Morgan fingerprint density at radius 2 is 1.67 bits per heavy atom. The molecule has 0 saturated heterocycles. The molecule has 0 spiro atoms. The molecule has 0 aliphatic carbocycles. The fourth-order valence-corrected chi connectivity index (χ4v) is 6.36. The standard InChI is InChI=1S/C35H47N3O5S2/c1-6-25(2)32(37-34(40)24-45-23-26-14-16-29(42-3)17-15-26)21-38(20-28-12-9-11-27-10-7-8-13-30(27)28)22-33(39)36-31(18-19-44-5)35(41)43-4/h7-17,25,31-32H,6,18-24H2,1-5H3,(H,36,39)(H,37,40)/t25-,31-,32+/m0/s1. The van der Waals surface area contributed by atoms with Gasteiger partial charge in [-0.25, -0.2) is 4.79 Å². The quantitative estimate of drug-likeness (QED) is 0.163. The highest BCUT2D eigenvalue weighted by Gasteiger charge is 2.26. The Bertz CT molecular complexity index is 1370. The molecule has 10 heteroatoms. The van der Waals surface area contributed by atoms with Crippen LogP contribution in [0.5, 0.6) is 5.75 Å². The molecule has 8 nitrogen and oxygen atoms in total. The molecule has 3 aromatic rings. The second kappa shape index (κ2) is 19.3. The van der Waals surface area contributed by atoms with Gasteiger partial charge in [-0.15, -0.1) is 11.8 Å². The number of methoxy groups -OCH3 is 2. The summed E-state index contributed by atoms with van der Waals surface area (Å²) in [5.74, 6) is 2.03. The summed E-state index contributed by atoms with van der Waals surface area (Å²) in [6, 6.07) is 21.4. The number of carbonyl (C=O) groups is 3. The lowest BCUT2D eigenvalue weighted by Gasteiger charge is -2.31. The van der Waals surface area contributed by atoms with E-state index >= 15 is 0 Å². The van der Waals surface area contributed by atoms with Gasteiger partial charge in [-0.3, -0.25) is 14.5 Å². The van der Waals surface area contributed by atoms with E-state index in [1.165, 1.54) is 7.11 Å². The molecule has 3 rings (SSSR count). The summed E-state index contributed by atoms with van der Waals surface area (Å²) >= 11 is 3.18. The van der Waals surface area contributed by atoms with Crippen LogP contribution in [0.15, 0.2) is 66.7 Å². The van der Waals surface area contributed by atoms with E-state index in [0.29, 0.717) is 25.3 Å². The van der Waals surface area contributed by atoms with Crippen LogP contribution in [0.25, 0.3) is 10.8 Å². The molecule has 3 aromatic carbocycles. The summed E-state index contributed by atoms with van der Waals surface area (Å²) in [5, 5.41) is 8.41. The second-order valence-electron chi connectivity index (χ2n) is 11.1. The van der Waals surface area contributed by atoms with Crippen molar-refractivity contribution in [2.45, 2.75) is 51.1 Å². The molecule has 2 N–H and O–H groups in total. The molecule has 0 fully saturated rings. The fraction of sp³-hybridized carbons (Fsp3) is 0.457. The molecule has 3 atom stereocenters. The number of nitrogens with zero attached hydrogens (tertiary/aromatic N) is 1. The van der Waals surface area contributed by atoms with E-state index in [0.717, 1.165) is 45.6 Å². The number of amides is 2. The smallest absolute Gasteiger partial charge is 0.328 e. The topological polar surface area (TPSA) is 97.0 Å². The SMILES string of the molecule is CC[C@H](C)[C@@H](CN(CC(=O)N[C@@H](CCSC)C(=O)OC)Cc1cccc2ccccc12)NC(=O)CSCc1ccc(OC)cc1. The van der Waals surface area contributed by atoms with Crippen LogP contribution in [0, 0.1) is 5.92 Å². The molecule has 0 heterocycles. The number of rotatable bonds is 19. The van der Waals surface area contributed by atoms with Gasteiger partial charge in [-0.1, -0.05) is 74.9 Å². The van der Waals surface area contributed by atoms with Crippen molar-refractivity contribution in [1.82, 2.24) is 15.5 Å². The van der Waals surface area contributed by atoms with Gasteiger partial charge < -0.3 is 20.1 Å². The van der Waals surface area contributed by atoms with E-state index in [1.807, 2.05) is 48.7 Å². The van der Waals surface area contributed by atoms with Gasteiger partial charge in [0.1, 0.15) is 11.8 Å². The van der Waals surface area contributed by atoms with Crippen LogP contribution >= 0.6 is 23.5 Å². The summed E-state index contributed by atoms with van der Waals surface area (Å²) in [6.07, 6.45) is 3.32. The normalized spacial score (nSPS) is 13.2. The van der Waals surface area contributed by atoms with Gasteiger partial charge in [0.25, 0.3) is 0 Å². The molecule has 45 heavy (non-hydrogen) atoms. The Kier molecular flexibility index (Phi) is 15.6. The van der Waals surface area contributed by atoms with Gasteiger partial charge in [-0.2, -0.15) is 11.8 Å². The predicted molar refractivity (Wildman–Crippen MR) is 187 cm³/mol. The minimum absolute atomic E-state index is 0.0313. The number of hydrogen-bond donors (Lipinski definition) is 2. The van der Waals surface area contributed by atoms with Crippen LogP contribution in [0.3, 0.4) is 0 Å². The molecule has 0 unspecified atom stereocenters. The van der Waals surface area contributed by atoms with Gasteiger partial charge in [0.15, 0.2) is 0 Å². The Labute approximate surface area is 276 Å². The van der Waals surface area contributed by atoms with Crippen LogP contribution in [-0.2, 0) is 31.4 Å². The lowest BCUT2D eigenvalue weighted by atomic mass is 9.97. The highest BCUT2D eigenvalue weighted by Crippen LogP contribution is 2.22. The number of benzene rings is 3. The summed E-state index contributed by atoms with van der Waals surface area (Å²) in [7, 11) is 2.98. The molecule has 0 bridgehead atoms. The van der Waals surface area contributed by atoms with Crippen LogP contribution in [0.4, 0.5) is 0 Å². The summed E-state index contributed by atoms with van der Waals surface area (Å²) < 4.78 is 10.2. The van der Waals surface area contributed by atoms with E-state index in [2.05, 4.69) is 53.6 Å². The van der Waals surface area contributed by atoms with Crippen molar-refractivity contribution in [1.29, 1.82) is 0 Å². The van der Waals surface area contributed by atoms with E-state index in [-0.39, 0.29) is 30.3 Å². The molecule has 0 aliphatic rings. The zero-order chi connectivity index (χ0) is 32.6. The van der Waals surface area contributed by atoms with Crippen molar-refractivity contribution in [3.05, 3.63) is 77.9 Å². The Morgan fingerprint density at radius 3 is 2.36 bits per heavy atom. The first-order chi connectivity index (χ1) is 21.8.